The molecule has 4 rings (SSSR count). The lowest BCUT2D eigenvalue weighted by molar-refractivity contribution is 0.828. The topological polar surface area (TPSA) is 29.9 Å². The average molecular weight is 275 g/mol. The molecular formula is C18H17N3. The van der Waals surface area contributed by atoms with Gasteiger partial charge in [-0.1, -0.05) is 30.3 Å². The molecule has 21 heavy (non-hydrogen) atoms. The zero-order chi connectivity index (χ0) is 14.1. The van der Waals surface area contributed by atoms with Crippen molar-refractivity contribution in [3.05, 3.63) is 66.6 Å². The second-order valence-corrected chi connectivity index (χ2v) is 5.39. The molecule has 0 atom stereocenters. The van der Waals surface area contributed by atoms with E-state index in [-0.39, 0.29) is 0 Å². The van der Waals surface area contributed by atoms with Gasteiger partial charge in [-0.2, -0.15) is 0 Å². The van der Waals surface area contributed by atoms with Crippen LogP contribution in [-0.2, 0) is 6.42 Å². The Morgan fingerprint density at radius 1 is 1.05 bits per heavy atom. The van der Waals surface area contributed by atoms with Crippen molar-refractivity contribution in [2.75, 3.05) is 11.9 Å². The maximum Gasteiger partial charge on any atom is 0.0997 e. The van der Waals surface area contributed by atoms with E-state index in [1.807, 2.05) is 18.6 Å². The van der Waals surface area contributed by atoms with Gasteiger partial charge in [0.15, 0.2) is 0 Å². The molecule has 1 aliphatic heterocycles. The highest BCUT2D eigenvalue weighted by Gasteiger charge is 2.11. The summed E-state index contributed by atoms with van der Waals surface area (Å²) in [7, 11) is 0. The largest absolute Gasteiger partial charge is 0.385 e. The molecule has 0 spiro atoms. The molecule has 1 aromatic heterocycles. The Hall–Kier alpha value is -2.55. The van der Waals surface area contributed by atoms with Gasteiger partial charge in [-0.3, -0.25) is 4.57 Å². The van der Waals surface area contributed by atoms with Crippen LogP contribution in [0.4, 0.5) is 5.69 Å². The maximum absolute atomic E-state index is 4.33. The van der Waals surface area contributed by atoms with Crippen molar-refractivity contribution in [1.82, 2.24) is 9.55 Å². The number of fused-ring (bicyclic) bond motifs is 1. The number of nitrogens with one attached hydrogen (secondary N) is 1. The summed E-state index contributed by atoms with van der Waals surface area (Å²) in [6.45, 7) is 1.08. The summed E-state index contributed by atoms with van der Waals surface area (Å²) in [6, 6.07) is 17.0. The van der Waals surface area contributed by atoms with Crippen LogP contribution in [0.1, 0.15) is 12.0 Å². The van der Waals surface area contributed by atoms with Crippen LogP contribution in [0.5, 0.6) is 0 Å². The van der Waals surface area contributed by atoms with Gasteiger partial charge in [0.1, 0.15) is 0 Å². The van der Waals surface area contributed by atoms with Crippen LogP contribution in [0.3, 0.4) is 0 Å². The summed E-state index contributed by atoms with van der Waals surface area (Å²) in [5, 5.41) is 3.46. The normalized spacial score (nSPS) is 13.5. The lowest BCUT2D eigenvalue weighted by Gasteiger charge is -2.19. The van der Waals surface area contributed by atoms with Gasteiger partial charge in [0.2, 0.25) is 0 Å². The summed E-state index contributed by atoms with van der Waals surface area (Å²) in [6.07, 6.45) is 6.16. The highest BCUT2D eigenvalue weighted by Crippen LogP contribution is 2.27. The van der Waals surface area contributed by atoms with E-state index in [2.05, 4.69) is 57.3 Å². The van der Waals surface area contributed by atoms with Gasteiger partial charge < -0.3 is 5.32 Å². The van der Waals surface area contributed by atoms with E-state index in [0.717, 1.165) is 18.7 Å². The summed E-state index contributed by atoms with van der Waals surface area (Å²) >= 11 is 0. The van der Waals surface area contributed by atoms with E-state index < -0.39 is 0 Å². The number of hydrogen-bond donors (Lipinski definition) is 1. The van der Waals surface area contributed by atoms with Crippen molar-refractivity contribution in [1.29, 1.82) is 0 Å². The van der Waals surface area contributed by atoms with E-state index in [0.29, 0.717) is 0 Å². The van der Waals surface area contributed by atoms with E-state index in [9.17, 15) is 0 Å². The molecule has 2 heterocycles. The van der Waals surface area contributed by atoms with Gasteiger partial charge in [0.25, 0.3) is 0 Å². The molecule has 2 aromatic carbocycles. The standard InChI is InChI=1S/C18H17N3/c1-2-5-14(6-3-1)18-12-19-13-21(18)16-8-9-17-15(11-16)7-4-10-20-17/h1-3,5-6,8-9,11-13,20H,4,7,10H2. The molecular weight excluding hydrogens is 258 g/mol. The summed E-state index contributed by atoms with van der Waals surface area (Å²) in [5.74, 6) is 0. The molecule has 104 valence electrons. The Kier molecular flexibility index (Phi) is 2.96. The number of aryl methyl sites for hydroxylation is 1. The van der Waals surface area contributed by atoms with E-state index in [4.69, 9.17) is 0 Å². The lowest BCUT2D eigenvalue weighted by atomic mass is 10.0. The smallest absolute Gasteiger partial charge is 0.0997 e. The zero-order valence-electron chi connectivity index (χ0n) is 11.8. The third kappa shape index (κ3) is 2.21. The first kappa shape index (κ1) is 12.2. The van der Waals surface area contributed by atoms with Crippen LogP contribution >= 0.6 is 0 Å². The molecule has 0 unspecified atom stereocenters. The SMILES string of the molecule is c1ccc(-c2cncn2-c2ccc3c(c2)CCCN3)cc1. The molecule has 0 amide bonds. The van der Waals surface area contributed by atoms with Crippen LogP contribution in [-0.4, -0.2) is 16.1 Å². The molecule has 0 bridgehead atoms. The zero-order valence-corrected chi connectivity index (χ0v) is 11.8. The van der Waals surface area contributed by atoms with Crippen LogP contribution < -0.4 is 5.32 Å². The van der Waals surface area contributed by atoms with Crippen LogP contribution in [0.2, 0.25) is 0 Å². The number of benzene rings is 2. The number of anilines is 1. The molecule has 1 aliphatic rings. The number of nitrogens with zero attached hydrogens (tertiary/aromatic N) is 2. The molecule has 1 N–H and O–H groups in total. The molecule has 0 saturated carbocycles. The molecule has 3 heteroatoms. The minimum atomic E-state index is 1.08. The molecule has 3 nitrogen and oxygen atoms in total. The van der Waals surface area contributed by atoms with Crippen molar-refractivity contribution in [2.24, 2.45) is 0 Å². The molecule has 0 aliphatic carbocycles. The first-order valence-electron chi connectivity index (χ1n) is 7.37. The fourth-order valence-electron chi connectivity index (χ4n) is 2.93. The van der Waals surface area contributed by atoms with E-state index >= 15 is 0 Å². The van der Waals surface area contributed by atoms with Gasteiger partial charge >= 0.3 is 0 Å². The highest BCUT2D eigenvalue weighted by molar-refractivity contribution is 5.64. The average Bonchev–Trinajstić information content (AvgIpc) is 3.05. The van der Waals surface area contributed by atoms with Gasteiger partial charge in [0.05, 0.1) is 18.2 Å². The molecule has 0 saturated heterocycles. The Morgan fingerprint density at radius 2 is 1.95 bits per heavy atom. The van der Waals surface area contributed by atoms with E-state index in [1.165, 1.54) is 28.9 Å². The number of rotatable bonds is 2. The van der Waals surface area contributed by atoms with E-state index in [1.54, 1.807) is 0 Å². The maximum atomic E-state index is 4.33. The predicted octanol–water partition coefficient (Wildman–Crippen LogP) is 3.90. The number of aromatic nitrogens is 2. The predicted molar refractivity (Wildman–Crippen MR) is 85.8 cm³/mol. The summed E-state index contributed by atoms with van der Waals surface area (Å²) in [5.41, 5.74) is 6.15. The minimum absolute atomic E-state index is 1.08. The Morgan fingerprint density at radius 3 is 2.86 bits per heavy atom. The third-order valence-electron chi connectivity index (χ3n) is 4.01. The Bertz CT molecular complexity index is 759. The second-order valence-electron chi connectivity index (χ2n) is 5.39. The lowest BCUT2D eigenvalue weighted by Crippen LogP contribution is -2.12. The summed E-state index contributed by atoms with van der Waals surface area (Å²) in [4.78, 5) is 4.33. The van der Waals surface area contributed by atoms with Crippen LogP contribution in [0.25, 0.3) is 16.9 Å². The third-order valence-corrected chi connectivity index (χ3v) is 4.01. The van der Waals surface area contributed by atoms with Crippen molar-refractivity contribution < 1.29 is 0 Å². The first-order chi connectivity index (χ1) is 10.4. The van der Waals surface area contributed by atoms with Crippen molar-refractivity contribution in [3.8, 4) is 16.9 Å². The number of imidazole rings is 1. The molecule has 0 radical (unpaired) electrons. The van der Waals surface area contributed by atoms with Crippen molar-refractivity contribution >= 4 is 5.69 Å². The second kappa shape index (κ2) is 5.09. The van der Waals surface area contributed by atoms with Gasteiger partial charge in [-0.15, -0.1) is 0 Å². The minimum Gasteiger partial charge on any atom is -0.385 e. The summed E-state index contributed by atoms with van der Waals surface area (Å²) < 4.78 is 2.16. The Balaban J connectivity index is 1.80. The molecule has 3 aromatic rings. The molecule has 0 fully saturated rings. The van der Waals surface area contributed by atoms with Crippen LogP contribution in [0, 0.1) is 0 Å². The van der Waals surface area contributed by atoms with Gasteiger partial charge in [-0.05, 0) is 36.6 Å². The van der Waals surface area contributed by atoms with Crippen LogP contribution in [0.15, 0.2) is 61.1 Å². The fourth-order valence-corrected chi connectivity index (χ4v) is 2.93. The monoisotopic (exact) mass is 275 g/mol. The first-order valence-corrected chi connectivity index (χ1v) is 7.37. The fraction of sp³-hybridized carbons (Fsp3) is 0.167. The highest BCUT2D eigenvalue weighted by atomic mass is 15.1. The van der Waals surface area contributed by atoms with Crippen molar-refractivity contribution in [2.45, 2.75) is 12.8 Å². The van der Waals surface area contributed by atoms with Gasteiger partial charge in [-0.25, -0.2) is 4.98 Å². The number of hydrogen-bond acceptors (Lipinski definition) is 2. The quantitative estimate of drug-likeness (QED) is 0.768. The van der Waals surface area contributed by atoms with Crippen molar-refractivity contribution in [3.63, 3.8) is 0 Å². The Labute approximate surface area is 124 Å². The van der Waals surface area contributed by atoms with Gasteiger partial charge in [0, 0.05) is 23.5 Å².